The van der Waals surface area contributed by atoms with Gasteiger partial charge in [-0.15, -0.1) is 5.10 Å². The molecule has 0 atom stereocenters. The molecule has 0 aliphatic rings. The standard InChI is InChI=1S/C14H13FN4O/c15-11-6-2-4-8-13(11)20-12-7-3-1-5-10(12)9-18-19-14(16)17/h1-9H,(H4,16,17,19). The van der Waals surface area contributed by atoms with E-state index in [9.17, 15) is 4.39 Å². The summed E-state index contributed by atoms with van der Waals surface area (Å²) < 4.78 is 19.1. The average molecular weight is 272 g/mol. The van der Waals surface area contributed by atoms with Gasteiger partial charge in [0.25, 0.3) is 0 Å². The molecule has 0 unspecified atom stereocenters. The van der Waals surface area contributed by atoms with E-state index in [2.05, 4.69) is 10.2 Å². The van der Waals surface area contributed by atoms with Gasteiger partial charge in [-0.05, 0) is 24.3 Å². The Morgan fingerprint density at radius 3 is 2.35 bits per heavy atom. The molecule has 0 heterocycles. The number of benzene rings is 2. The lowest BCUT2D eigenvalue weighted by Gasteiger charge is -2.08. The normalized spacial score (nSPS) is 10.4. The lowest BCUT2D eigenvalue weighted by Crippen LogP contribution is -2.21. The first-order valence-corrected chi connectivity index (χ1v) is 5.80. The van der Waals surface area contributed by atoms with Gasteiger partial charge in [-0.25, -0.2) is 4.39 Å². The van der Waals surface area contributed by atoms with Gasteiger partial charge in [0.05, 0.1) is 6.21 Å². The predicted octanol–water partition coefficient (Wildman–Crippen LogP) is 2.23. The SMILES string of the molecule is NC(N)=NN=Cc1ccccc1Oc1ccccc1F. The van der Waals surface area contributed by atoms with Crippen LogP contribution in [0.3, 0.4) is 0 Å². The summed E-state index contributed by atoms with van der Waals surface area (Å²) in [5.74, 6) is -0.000415. The van der Waals surface area contributed by atoms with Crippen LogP contribution in [0.1, 0.15) is 5.56 Å². The molecule has 5 nitrogen and oxygen atoms in total. The molecular formula is C14H13FN4O. The molecule has 0 aliphatic carbocycles. The summed E-state index contributed by atoms with van der Waals surface area (Å²) in [6, 6.07) is 13.2. The fourth-order valence-electron chi connectivity index (χ4n) is 1.48. The van der Waals surface area contributed by atoms with E-state index in [4.69, 9.17) is 16.2 Å². The Bertz CT molecular complexity index is 651. The number of nitrogens with zero attached hydrogens (tertiary/aromatic N) is 2. The third-order valence-electron chi connectivity index (χ3n) is 2.35. The van der Waals surface area contributed by atoms with Gasteiger partial charge >= 0.3 is 0 Å². The maximum Gasteiger partial charge on any atom is 0.211 e. The number of guanidine groups is 1. The monoisotopic (exact) mass is 272 g/mol. The van der Waals surface area contributed by atoms with E-state index in [1.807, 2.05) is 0 Å². The second-order valence-electron chi connectivity index (χ2n) is 3.84. The maximum atomic E-state index is 13.6. The number of ether oxygens (including phenoxy) is 1. The largest absolute Gasteiger partial charge is 0.454 e. The highest BCUT2D eigenvalue weighted by Gasteiger charge is 2.06. The highest BCUT2D eigenvalue weighted by Crippen LogP contribution is 2.26. The van der Waals surface area contributed by atoms with Crippen molar-refractivity contribution >= 4 is 12.2 Å². The summed E-state index contributed by atoms with van der Waals surface area (Å²) in [7, 11) is 0. The van der Waals surface area contributed by atoms with Crippen molar-refractivity contribution in [2.24, 2.45) is 21.7 Å². The minimum Gasteiger partial charge on any atom is -0.454 e. The number of nitrogens with two attached hydrogens (primary N) is 2. The molecule has 0 saturated carbocycles. The van der Waals surface area contributed by atoms with Crippen LogP contribution in [0.4, 0.5) is 4.39 Å². The van der Waals surface area contributed by atoms with E-state index in [0.717, 1.165) is 0 Å². The third kappa shape index (κ3) is 3.55. The van der Waals surface area contributed by atoms with Gasteiger partial charge in [-0.1, -0.05) is 24.3 Å². The minimum absolute atomic E-state index is 0.134. The van der Waals surface area contributed by atoms with Crippen molar-refractivity contribution in [2.45, 2.75) is 0 Å². The summed E-state index contributed by atoms with van der Waals surface area (Å²) >= 11 is 0. The van der Waals surface area contributed by atoms with E-state index in [1.165, 1.54) is 12.3 Å². The second-order valence-corrected chi connectivity index (χ2v) is 3.84. The molecule has 102 valence electrons. The second kappa shape index (κ2) is 6.33. The Hall–Kier alpha value is -2.89. The predicted molar refractivity (Wildman–Crippen MR) is 76.3 cm³/mol. The molecule has 4 N–H and O–H groups in total. The smallest absolute Gasteiger partial charge is 0.211 e. The van der Waals surface area contributed by atoms with Gasteiger partial charge in [-0.3, -0.25) is 0 Å². The van der Waals surface area contributed by atoms with Crippen molar-refractivity contribution in [3.05, 3.63) is 59.9 Å². The molecule has 20 heavy (non-hydrogen) atoms. The number of hydrogen-bond acceptors (Lipinski definition) is 3. The van der Waals surface area contributed by atoms with Gasteiger partial charge in [0.15, 0.2) is 11.6 Å². The molecular weight excluding hydrogens is 259 g/mol. The van der Waals surface area contributed by atoms with E-state index < -0.39 is 5.82 Å². The Kier molecular flexibility index (Phi) is 4.28. The van der Waals surface area contributed by atoms with Crippen molar-refractivity contribution < 1.29 is 9.13 Å². The molecule has 2 aromatic carbocycles. The first kappa shape index (κ1) is 13.5. The van der Waals surface area contributed by atoms with Crippen LogP contribution in [-0.2, 0) is 0 Å². The number of halogens is 1. The molecule has 0 aliphatic heterocycles. The molecule has 2 aromatic rings. The first-order valence-electron chi connectivity index (χ1n) is 5.80. The molecule has 0 aromatic heterocycles. The van der Waals surface area contributed by atoms with Gasteiger partial charge in [0.1, 0.15) is 5.75 Å². The number of para-hydroxylation sites is 2. The van der Waals surface area contributed by atoms with Crippen molar-refractivity contribution in [3.8, 4) is 11.5 Å². The molecule has 0 bridgehead atoms. The molecule has 2 rings (SSSR count). The van der Waals surface area contributed by atoms with Crippen LogP contribution in [-0.4, -0.2) is 12.2 Å². The Morgan fingerprint density at radius 1 is 1.00 bits per heavy atom. The summed E-state index contributed by atoms with van der Waals surface area (Å²) in [5.41, 5.74) is 11.0. The van der Waals surface area contributed by atoms with Crippen LogP contribution in [0, 0.1) is 5.82 Å². The lowest BCUT2D eigenvalue weighted by atomic mass is 10.2. The van der Waals surface area contributed by atoms with Crippen LogP contribution in [0.15, 0.2) is 58.7 Å². The van der Waals surface area contributed by atoms with E-state index in [-0.39, 0.29) is 11.7 Å². The van der Waals surface area contributed by atoms with Gasteiger partial charge < -0.3 is 16.2 Å². The average Bonchev–Trinajstić information content (AvgIpc) is 2.43. The fraction of sp³-hybridized carbons (Fsp3) is 0. The quantitative estimate of drug-likeness (QED) is 0.508. The molecule has 0 amide bonds. The van der Waals surface area contributed by atoms with Crippen LogP contribution in [0.5, 0.6) is 11.5 Å². The van der Waals surface area contributed by atoms with Gasteiger partial charge in [0, 0.05) is 5.56 Å². The molecule has 0 fully saturated rings. The van der Waals surface area contributed by atoms with E-state index in [1.54, 1.807) is 42.5 Å². The van der Waals surface area contributed by atoms with Crippen molar-refractivity contribution in [2.75, 3.05) is 0 Å². The Labute approximate surface area is 115 Å². The van der Waals surface area contributed by atoms with E-state index in [0.29, 0.717) is 11.3 Å². The lowest BCUT2D eigenvalue weighted by molar-refractivity contribution is 0.442. The zero-order valence-corrected chi connectivity index (χ0v) is 10.5. The molecule has 6 heteroatoms. The Balaban J connectivity index is 2.27. The molecule has 0 saturated heterocycles. The van der Waals surface area contributed by atoms with Gasteiger partial charge in [-0.2, -0.15) is 5.10 Å². The fourth-order valence-corrected chi connectivity index (χ4v) is 1.48. The number of hydrogen-bond donors (Lipinski definition) is 2. The summed E-state index contributed by atoms with van der Waals surface area (Å²) in [4.78, 5) is 0. The summed E-state index contributed by atoms with van der Waals surface area (Å²) in [6.45, 7) is 0. The zero-order chi connectivity index (χ0) is 14.4. The van der Waals surface area contributed by atoms with Crippen molar-refractivity contribution in [1.82, 2.24) is 0 Å². The number of rotatable bonds is 4. The highest BCUT2D eigenvalue weighted by molar-refractivity contribution is 5.84. The highest BCUT2D eigenvalue weighted by atomic mass is 19.1. The van der Waals surface area contributed by atoms with E-state index >= 15 is 0 Å². The maximum absolute atomic E-state index is 13.6. The zero-order valence-electron chi connectivity index (χ0n) is 10.5. The van der Waals surface area contributed by atoms with Crippen LogP contribution >= 0.6 is 0 Å². The topological polar surface area (TPSA) is 86.0 Å². The Morgan fingerprint density at radius 2 is 1.65 bits per heavy atom. The minimum atomic E-state index is -0.441. The van der Waals surface area contributed by atoms with Crippen LogP contribution in [0.2, 0.25) is 0 Å². The van der Waals surface area contributed by atoms with Crippen LogP contribution < -0.4 is 16.2 Å². The molecule has 0 radical (unpaired) electrons. The summed E-state index contributed by atoms with van der Waals surface area (Å²) in [6.07, 6.45) is 1.43. The molecule has 0 spiro atoms. The van der Waals surface area contributed by atoms with Gasteiger partial charge in [0.2, 0.25) is 5.96 Å². The summed E-state index contributed by atoms with van der Waals surface area (Å²) in [5, 5.41) is 7.20. The van der Waals surface area contributed by atoms with Crippen LogP contribution in [0.25, 0.3) is 0 Å². The van der Waals surface area contributed by atoms with Crippen molar-refractivity contribution in [3.63, 3.8) is 0 Å². The third-order valence-corrected chi connectivity index (χ3v) is 2.35. The first-order chi connectivity index (χ1) is 9.66. The van der Waals surface area contributed by atoms with Crippen molar-refractivity contribution in [1.29, 1.82) is 0 Å².